The average molecular weight is 347 g/mol. The lowest BCUT2D eigenvalue weighted by Gasteiger charge is -2.38. The smallest absolute Gasteiger partial charge is 0.234 e. The molecule has 0 fully saturated rings. The second-order valence-electron chi connectivity index (χ2n) is 6.13. The number of nitrogens with one attached hydrogen (secondary N) is 2. The summed E-state index contributed by atoms with van der Waals surface area (Å²) in [6.45, 7) is 2.00. The maximum absolute atomic E-state index is 9.59. The van der Waals surface area contributed by atoms with E-state index in [0.29, 0.717) is 28.5 Å². The zero-order valence-electron chi connectivity index (χ0n) is 14.6. The predicted octanol–water partition coefficient (Wildman–Crippen LogP) is 3.23. The summed E-state index contributed by atoms with van der Waals surface area (Å²) in [6, 6.07) is 13.8. The first-order valence-electron chi connectivity index (χ1n) is 8.08. The van der Waals surface area contributed by atoms with Crippen LogP contribution >= 0.6 is 0 Å². The Kier molecular flexibility index (Phi) is 3.55. The third-order valence-electron chi connectivity index (χ3n) is 4.53. The standard InChI is InChI=1S/C19H17N5O2/c1-19(11-7-5-4-6-8-11)23-16-15-12(9-14(21-16)25-2)13(10-20)18(26-3)22-17(15)24-19/h4-9H,1-3H3,(H,21,23)(H,22,24). The summed E-state index contributed by atoms with van der Waals surface area (Å²) in [5, 5.41) is 17.8. The van der Waals surface area contributed by atoms with Crippen molar-refractivity contribution in [3.05, 3.63) is 47.5 Å². The first kappa shape index (κ1) is 16.0. The summed E-state index contributed by atoms with van der Waals surface area (Å²) in [6.07, 6.45) is 0. The molecule has 1 aliphatic heterocycles. The van der Waals surface area contributed by atoms with Crippen LogP contribution in [0.2, 0.25) is 0 Å². The topological polar surface area (TPSA) is 92.1 Å². The van der Waals surface area contributed by atoms with Gasteiger partial charge in [-0.2, -0.15) is 15.2 Å². The van der Waals surface area contributed by atoms with E-state index in [9.17, 15) is 5.26 Å². The molecule has 3 aromatic rings. The van der Waals surface area contributed by atoms with Crippen molar-refractivity contribution in [3.8, 4) is 17.8 Å². The van der Waals surface area contributed by atoms with Gasteiger partial charge in [-0.3, -0.25) is 0 Å². The van der Waals surface area contributed by atoms with Crippen LogP contribution in [0.4, 0.5) is 11.6 Å². The van der Waals surface area contributed by atoms with E-state index in [2.05, 4.69) is 26.7 Å². The van der Waals surface area contributed by atoms with Crippen molar-refractivity contribution in [2.45, 2.75) is 12.6 Å². The number of hydrogen-bond acceptors (Lipinski definition) is 7. The fraction of sp³-hybridized carbons (Fsp3) is 0.211. The molecule has 0 amide bonds. The molecule has 2 N–H and O–H groups in total. The molecular formula is C19H17N5O2. The summed E-state index contributed by atoms with van der Waals surface area (Å²) >= 11 is 0. The molecule has 4 rings (SSSR count). The lowest BCUT2D eigenvalue weighted by atomic mass is 9.97. The average Bonchev–Trinajstić information content (AvgIpc) is 2.67. The molecule has 0 radical (unpaired) electrons. The summed E-state index contributed by atoms with van der Waals surface area (Å²) in [5.74, 6) is 1.88. The number of rotatable bonds is 3. The van der Waals surface area contributed by atoms with Crippen molar-refractivity contribution in [1.29, 1.82) is 5.26 Å². The minimum atomic E-state index is -0.632. The molecule has 7 nitrogen and oxygen atoms in total. The highest BCUT2D eigenvalue weighted by atomic mass is 16.5. The summed E-state index contributed by atoms with van der Waals surface area (Å²) < 4.78 is 10.7. The van der Waals surface area contributed by atoms with E-state index >= 15 is 0 Å². The third-order valence-corrected chi connectivity index (χ3v) is 4.53. The van der Waals surface area contributed by atoms with Crippen molar-refractivity contribution >= 4 is 22.4 Å². The number of methoxy groups -OCH3 is 2. The van der Waals surface area contributed by atoms with Crippen LogP contribution in [0.15, 0.2) is 36.4 Å². The fourth-order valence-corrected chi connectivity index (χ4v) is 3.25. The van der Waals surface area contributed by atoms with Gasteiger partial charge in [-0.05, 0) is 12.5 Å². The fourth-order valence-electron chi connectivity index (χ4n) is 3.25. The molecule has 1 aliphatic rings. The van der Waals surface area contributed by atoms with Crippen molar-refractivity contribution in [1.82, 2.24) is 9.97 Å². The van der Waals surface area contributed by atoms with Gasteiger partial charge in [-0.1, -0.05) is 30.3 Å². The van der Waals surface area contributed by atoms with E-state index in [-0.39, 0.29) is 5.88 Å². The minimum Gasteiger partial charge on any atom is -0.481 e. The Morgan fingerprint density at radius 1 is 1.04 bits per heavy atom. The van der Waals surface area contributed by atoms with Crippen LogP contribution in [-0.2, 0) is 5.66 Å². The number of aromatic nitrogens is 2. The van der Waals surface area contributed by atoms with Crippen LogP contribution in [-0.4, -0.2) is 24.2 Å². The number of nitriles is 1. The number of hydrogen-bond donors (Lipinski definition) is 2. The molecule has 26 heavy (non-hydrogen) atoms. The molecule has 1 aromatic carbocycles. The molecule has 3 heterocycles. The normalized spacial score (nSPS) is 17.8. The van der Waals surface area contributed by atoms with Gasteiger partial charge in [-0.15, -0.1) is 0 Å². The van der Waals surface area contributed by atoms with E-state index in [1.54, 1.807) is 13.2 Å². The molecular weight excluding hydrogens is 330 g/mol. The van der Waals surface area contributed by atoms with Gasteiger partial charge in [0.1, 0.15) is 28.9 Å². The predicted molar refractivity (Wildman–Crippen MR) is 98.4 cm³/mol. The first-order valence-corrected chi connectivity index (χ1v) is 8.08. The van der Waals surface area contributed by atoms with Crippen LogP contribution in [0.25, 0.3) is 10.8 Å². The van der Waals surface area contributed by atoms with Gasteiger partial charge in [0.2, 0.25) is 11.8 Å². The van der Waals surface area contributed by atoms with E-state index in [4.69, 9.17) is 9.47 Å². The molecule has 1 atom stereocenters. The van der Waals surface area contributed by atoms with Gasteiger partial charge in [0, 0.05) is 11.5 Å². The SMILES string of the molecule is COc1cc2c(C#N)c(OC)nc3c2c(n1)NC(C)(c1ccccc1)N3. The highest BCUT2D eigenvalue weighted by Crippen LogP contribution is 2.43. The molecule has 0 saturated heterocycles. The maximum atomic E-state index is 9.59. The number of benzene rings is 1. The van der Waals surface area contributed by atoms with Gasteiger partial charge in [0.15, 0.2) is 0 Å². The molecule has 0 saturated carbocycles. The van der Waals surface area contributed by atoms with Gasteiger partial charge in [0.05, 0.1) is 19.6 Å². The van der Waals surface area contributed by atoms with Gasteiger partial charge >= 0.3 is 0 Å². The monoisotopic (exact) mass is 347 g/mol. The Labute approximate surface area is 150 Å². The molecule has 7 heteroatoms. The summed E-state index contributed by atoms with van der Waals surface area (Å²) in [5.41, 5.74) is 0.737. The largest absolute Gasteiger partial charge is 0.481 e. The Morgan fingerprint density at radius 3 is 2.35 bits per heavy atom. The van der Waals surface area contributed by atoms with E-state index in [0.717, 1.165) is 10.9 Å². The van der Waals surface area contributed by atoms with Crippen molar-refractivity contribution in [2.24, 2.45) is 0 Å². The van der Waals surface area contributed by atoms with E-state index < -0.39 is 5.66 Å². The van der Waals surface area contributed by atoms with Gasteiger partial charge in [-0.25, -0.2) is 0 Å². The molecule has 2 aromatic heterocycles. The second-order valence-corrected chi connectivity index (χ2v) is 6.13. The highest BCUT2D eigenvalue weighted by Gasteiger charge is 2.35. The third kappa shape index (κ3) is 2.27. The van der Waals surface area contributed by atoms with Crippen LogP contribution in [0, 0.1) is 11.3 Å². The number of pyridine rings is 2. The Balaban J connectivity index is 2.01. The molecule has 1 unspecified atom stereocenters. The van der Waals surface area contributed by atoms with Crippen LogP contribution in [0.3, 0.4) is 0 Å². The van der Waals surface area contributed by atoms with Crippen LogP contribution in [0.5, 0.6) is 11.8 Å². The van der Waals surface area contributed by atoms with E-state index in [1.807, 2.05) is 37.3 Å². The lowest BCUT2D eigenvalue weighted by Crippen LogP contribution is -2.43. The molecule has 130 valence electrons. The van der Waals surface area contributed by atoms with Crippen LogP contribution in [0.1, 0.15) is 18.1 Å². The van der Waals surface area contributed by atoms with Crippen molar-refractivity contribution < 1.29 is 9.47 Å². The number of nitrogens with zero attached hydrogens (tertiary/aromatic N) is 3. The summed E-state index contributed by atoms with van der Waals surface area (Å²) in [7, 11) is 3.04. The van der Waals surface area contributed by atoms with Crippen LogP contribution < -0.4 is 20.1 Å². The zero-order chi connectivity index (χ0) is 18.3. The molecule has 0 bridgehead atoms. The minimum absolute atomic E-state index is 0.263. The van der Waals surface area contributed by atoms with Gasteiger partial charge < -0.3 is 20.1 Å². The Morgan fingerprint density at radius 2 is 1.73 bits per heavy atom. The Hall–Kier alpha value is -3.53. The van der Waals surface area contributed by atoms with Gasteiger partial charge in [0.25, 0.3) is 0 Å². The second kappa shape index (κ2) is 5.77. The number of anilines is 2. The Bertz CT molecular complexity index is 1030. The maximum Gasteiger partial charge on any atom is 0.234 e. The quantitative estimate of drug-likeness (QED) is 0.751. The van der Waals surface area contributed by atoms with Crippen molar-refractivity contribution in [2.75, 3.05) is 24.9 Å². The number of ether oxygens (including phenoxy) is 2. The zero-order valence-corrected chi connectivity index (χ0v) is 14.6. The first-order chi connectivity index (χ1) is 12.6. The van der Waals surface area contributed by atoms with Crippen molar-refractivity contribution in [3.63, 3.8) is 0 Å². The lowest BCUT2D eigenvalue weighted by molar-refractivity contribution is 0.395. The summed E-state index contributed by atoms with van der Waals surface area (Å²) in [4.78, 5) is 9.06. The van der Waals surface area contributed by atoms with E-state index in [1.165, 1.54) is 7.11 Å². The highest BCUT2D eigenvalue weighted by molar-refractivity contribution is 6.06. The molecule has 0 aliphatic carbocycles. The molecule has 0 spiro atoms.